The maximum Gasteiger partial charge on any atom is 0.341 e. The Hall–Kier alpha value is -2.86. The number of carboxylic acid groups (broad SMARTS) is 1. The molecule has 0 aliphatic heterocycles. The maximum atomic E-state index is 12.4. The number of likely N-dealkylation sites (N-methyl/N-ethyl adjacent to an activating group) is 1. The topological polar surface area (TPSA) is 76.1 Å². The zero-order valence-corrected chi connectivity index (χ0v) is 14.1. The Morgan fingerprint density at radius 3 is 2.56 bits per heavy atom. The summed E-state index contributed by atoms with van der Waals surface area (Å²) in [5.74, 6) is -0.893. The van der Waals surface area contributed by atoms with E-state index in [1.54, 1.807) is 30.1 Å². The third-order valence-electron chi connectivity index (χ3n) is 3.47. The fourth-order valence-corrected chi connectivity index (χ4v) is 2.15. The highest BCUT2D eigenvalue weighted by Gasteiger charge is 2.12. The van der Waals surface area contributed by atoms with Gasteiger partial charge in [0.2, 0.25) is 0 Å². The summed E-state index contributed by atoms with van der Waals surface area (Å²) in [6.07, 6.45) is 0. The van der Waals surface area contributed by atoms with Crippen molar-refractivity contribution in [3.8, 4) is 5.75 Å². The summed E-state index contributed by atoms with van der Waals surface area (Å²) in [5, 5.41) is 8.63. The normalized spacial score (nSPS) is 10.3. The molecule has 0 radical (unpaired) electrons. The van der Waals surface area contributed by atoms with Crippen molar-refractivity contribution in [2.45, 2.75) is 6.61 Å². The molecule has 0 bridgehead atoms. The van der Waals surface area contributed by atoms with Crippen molar-refractivity contribution in [1.29, 1.82) is 0 Å². The molecule has 0 spiro atoms. The first-order valence-corrected chi connectivity index (χ1v) is 7.88. The van der Waals surface area contributed by atoms with Crippen LogP contribution in [0.25, 0.3) is 0 Å². The number of carbonyl (C=O) groups is 2. The molecule has 0 saturated carbocycles. The summed E-state index contributed by atoms with van der Waals surface area (Å²) in [5.41, 5.74) is 1.52. The summed E-state index contributed by atoms with van der Waals surface area (Å²) in [7, 11) is 1.69. The third kappa shape index (κ3) is 6.27. The van der Waals surface area contributed by atoms with Crippen LogP contribution in [0.15, 0.2) is 54.6 Å². The van der Waals surface area contributed by atoms with Gasteiger partial charge in [0.1, 0.15) is 5.75 Å². The van der Waals surface area contributed by atoms with E-state index in [2.05, 4.69) is 0 Å². The highest BCUT2D eigenvalue weighted by Crippen LogP contribution is 2.14. The van der Waals surface area contributed by atoms with Crippen molar-refractivity contribution < 1.29 is 24.2 Å². The second kappa shape index (κ2) is 9.44. The van der Waals surface area contributed by atoms with Crippen molar-refractivity contribution in [3.05, 3.63) is 65.7 Å². The largest absolute Gasteiger partial charge is 0.482 e. The molecule has 0 fully saturated rings. The molecule has 25 heavy (non-hydrogen) atoms. The molecule has 0 unspecified atom stereocenters. The summed E-state index contributed by atoms with van der Waals surface area (Å²) >= 11 is 0. The number of hydrogen-bond donors (Lipinski definition) is 1. The Kier molecular flexibility index (Phi) is 6.98. The Labute approximate surface area is 146 Å². The van der Waals surface area contributed by atoms with Crippen LogP contribution in [0.4, 0.5) is 0 Å². The maximum absolute atomic E-state index is 12.4. The smallest absolute Gasteiger partial charge is 0.341 e. The van der Waals surface area contributed by atoms with E-state index in [0.717, 1.165) is 5.56 Å². The van der Waals surface area contributed by atoms with Gasteiger partial charge in [-0.1, -0.05) is 36.4 Å². The number of nitrogens with zero attached hydrogens (tertiary/aromatic N) is 1. The Bertz CT molecular complexity index is 702. The molecule has 0 atom stereocenters. The van der Waals surface area contributed by atoms with E-state index in [1.807, 2.05) is 30.3 Å². The van der Waals surface area contributed by atoms with Gasteiger partial charge in [-0.3, -0.25) is 4.79 Å². The van der Waals surface area contributed by atoms with E-state index in [0.29, 0.717) is 31.1 Å². The molecule has 2 aromatic carbocycles. The lowest BCUT2D eigenvalue weighted by atomic mass is 10.2. The molecule has 132 valence electrons. The number of aliphatic carboxylic acids is 1. The number of ether oxygens (including phenoxy) is 2. The van der Waals surface area contributed by atoms with Gasteiger partial charge >= 0.3 is 5.97 Å². The molecule has 1 amide bonds. The fraction of sp³-hybridized carbons (Fsp3) is 0.263. The van der Waals surface area contributed by atoms with Gasteiger partial charge in [0, 0.05) is 19.2 Å². The molecule has 6 heteroatoms. The lowest BCUT2D eigenvalue weighted by Gasteiger charge is -2.17. The van der Waals surface area contributed by atoms with Gasteiger partial charge in [0.25, 0.3) is 5.91 Å². The van der Waals surface area contributed by atoms with E-state index in [9.17, 15) is 9.59 Å². The van der Waals surface area contributed by atoms with Crippen molar-refractivity contribution in [2.24, 2.45) is 0 Å². The average molecular weight is 343 g/mol. The second-order valence-electron chi connectivity index (χ2n) is 5.48. The average Bonchev–Trinajstić information content (AvgIpc) is 2.64. The van der Waals surface area contributed by atoms with Gasteiger partial charge in [-0.05, 0) is 23.8 Å². The lowest BCUT2D eigenvalue weighted by Crippen LogP contribution is -2.30. The first-order chi connectivity index (χ1) is 12.1. The van der Waals surface area contributed by atoms with Gasteiger partial charge in [0.05, 0.1) is 13.2 Å². The van der Waals surface area contributed by atoms with E-state index >= 15 is 0 Å². The number of carboxylic acids is 1. The van der Waals surface area contributed by atoms with Crippen LogP contribution in [0.3, 0.4) is 0 Å². The number of amides is 1. The summed E-state index contributed by atoms with van der Waals surface area (Å²) in [6, 6.07) is 16.3. The molecule has 0 saturated heterocycles. The minimum Gasteiger partial charge on any atom is -0.482 e. The van der Waals surface area contributed by atoms with Crippen LogP contribution < -0.4 is 4.74 Å². The van der Waals surface area contributed by atoms with Crippen molar-refractivity contribution in [2.75, 3.05) is 26.8 Å². The summed E-state index contributed by atoms with van der Waals surface area (Å²) in [4.78, 5) is 24.5. The number of benzene rings is 2. The molecule has 2 aromatic rings. The summed E-state index contributed by atoms with van der Waals surface area (Å²) in [6.45, 7) is 0.931. The highest BCUT2D eigenvalue weighted by atomic mass is 16.5. The predicted octanol–water partition coefficient (Wildman–Crippen LogP) is 2.44. The monoisotopic (exact) mass is 343 g/mol. The zero-order chi connectivity index (χ0) is 18.1. The lowest BCUT2D eigenvalue weighted by molar-refractivity contribution is -0.139. The van der Waals surface area contributed by atoms with E-state index in [-0.39, 0.29) is 5.91 Å². The molecule has 6 nitrogen and oxygen atoms in total. The van der Waals surface area contributed by atoms with Gasteiger partial charge < -0.3 is 19.5 Å². The van der Waals surface area contributed by atoms with Gasteiger partial charge in [-0.2, -0.15) is 0 Å². The van der Waals surface area contributed by atoms with Gasteiger partial charge in [-0.25, -0.2) is 4.79 Å². The molecular weight excluding hydrogens is 322 g/mol. The van der Waals surface area contributed by atoms with Crippen LogP contribution in [0.5, 0.6) is 5.75 Å². The standard InChI is InChI=1S/C19H21NO5/c1-20(10-11-24-13-15-6-3-2-4-7-15)19(23)16-8-5-9-17(12-16)25-14-18(21)22/h2-9,12H,10-11,13-14H2,1H3,(H,21,22). The minimum atomic E-state index is -1.07. The van der Waals surface area contributed by atoms with Crippen molar-refractivity contribution in [1.82, 2.24) is 4.90 Å². The molecule has 0 aliphatic carbocycles. The summed E-state index contributed by atoms with van der Waals surface area (Å²) < 4.78 is 10.7. The van der Waals surface area contributed by atoms with Gasteiger partial charge in [-0.15, -0.1) is 0 Å². The van der Waals surface area contributed by atoms with E-state index in [1.165, 1.54) is 6.07 Å². The van der Waals surface area contributed by atoms with Crippen molar-refractivity contribution >= 4 is 11.9 Å². The van der Waals surface area contributed by atoms with Gasteiger partial charge in [0.15, 0.2) is 6.61 Å². The minimum absolute atomic E-state index is 0.177. The first kappa shape index (κ1) is 18.5. The second-order valence-corrected chi connectivity index (χ2v) is 5.48. The molecule has 2 rings (SSSR count). The molecule has 0 aromatic heterocycles. The van der Waals surface area contributed by atoms with Crippen LogP contribution in [0.2, 0.25) is 0 Å². The number of rotatable bonds is 9. The fourth-order valence-electron chi connectivity index (χ4n) is 2.15. The molecule has 0 heterocycles. The van der Waals surface area contributed by atoms with Crippen LogP contribution >= 0.6 is 0 Å². The number of carbonyl (C=O) groups excluding carboxylic acids is 1. The highest BCUT2D eigenvalue weighted by molar-refractivity contribution is 5.94. The van der Waals surface area contributed by atoms with Crippen LogP contribution in [0, 0.1) is 0 Å². The third-order valence-corrected chi connectivity index (χ3v) is 3.47. The quantitative estimate of drug-likeness (QED) is 0.708. The Morgan fingerprint density at radius 2 is 1.84 bits per heavy atom. The van der Waals surface area contributed by atoms with E-state index < -0.39 is 12.6 Å². The first-order valence-electron chi connectivity index (χ1n) is 7.88. The zero-order valence-electron chi connectivity index (χ0n) is 14.1. The molecule has 1 N–H and O–H groups in total. The Morgan fingerprint density at radius 1 is 1.08 bits per heavy atom. The number of hydrogen-bond acceptors (Lipinski definition) is 4. The van der Waals surface area contributed by atoms with Crippen LogP contribution in [0.1, 0.15) is 15.9 Å². The molecular formula is C19H21NO5. The Balaban J connectivity index is 1.80. The predicted molar refractivity (Wildman–Crippen MR) is 92.6 cm³/mol. The van der Waals surface area contributed by atoms with Crippen LogP contribution in [-0.2, 0) is 16.1 Å². The SMILES string of the molecule is CN(CCOCc1ccccc1)C(=O)c1cccc(OCC(=O)O)c1. The van der Waals surface area contributed by atoms with Crippen LogP contribution in [-0.4, -0.2) is 48.7 Å². The van der Waals surface area contributed by atoms with E-state index in [4.69, 9.17) is 14.6 Å². The van der Waals surface area contributed by atoms with Crippen molar-refractivity contribution in [3.63, 3.8) is 0 Å². The molecule has 0 aliphatic rings.